The first kappa shape index (κ1) is 18.7. The van der Waals surface area contributed by atoms with Crippen LogP contribution in [0.25, 0.3) is 0 Å². The zero-order chi connectivity index (χ0) is 19.6. The summed E-state index contributed by atoms with van der Waals surface area (Å²) >= 11 is 0. The highest BCUT2D eigenvalue weighted by atomic mass is 32.2. The average Bonchev–Trinajstić information content (AvgIpc) is 3.19. The molecule has 1 aromatic carbocycles. The van der Waals surface area contributed by atoms with E-state index in [2.05, 4.69) is 15.2 Å². The van der Waals surface area contributed by atoms with Crippen LogP contribution in [0.4, 0.5) is 4.39 Å². The van der Waals surface area contributed by atoms with Crippen molar-refractivity contribution in [3.63, 3.8) is 0 Å². The van der Waals surface area contributed by atoms with Crippen molar-refractivity contribution < 1.29 is 17.2 Å². The van der Waals surface area contributed by atoms with Crippen LogP contribution in [0.15, 0.2) is 58.1 Å². The van der Waals surface area contributed by atoms with Crippen molar-refractivity contribution in [2.75, 3.05) is 13.1 Å². The molecule has 0 spiro atoms. The van der Waals surface area contributed by atoms with Crippen LogP contribution in [0.5, 0.6) is 0 Å². The van der Waals surface area contributed by atoms with Crippen LogP contribution in [0.3, 0.4) is 0 Å². The summed E-state index contributed by atoms with van der Waals surface area (Å²) in [5.41, 5.74) is 0.862. The van der Waals surface area contributed by atoms with Gasteiger partial charge in [-0.3, -0.25) is 4.98 Å². The summed E-state index contributed by atoms with van der Waals surface area (Å²) in [5.74, 6) is 0.402. The molecular weight excluding hydrogens is 383 g/mol. The summed E-state index contributed by atoms with van der Waals surface area (Å²) in [4.78, 5) is 4.08. The van der Waals surface area contributed by atoms with E-state index in [1.165, 1.54) is 22.6 Å². The Morgan fingerprint density at radius 2 is 2.00 bits per heavy atom. The van der Waals surface area contributed by atoms with Crippen LogP contribution in [0.1, 0.15) is 36.1 Å². The van der Waals surface area contributed by atoms with Crippen LogP contribution in [-0.2, 0) is 16.4 Å². The van der Waals surface area contributed by atoms with Gasteiger partial charge in [0.1, 0.15) is 10.7 Å². The molecule has 0 aliphatic carbocycles. The van der Waals surface area contributed by atoms with Crippen LogP contribution in [0, 0.1) is 5.82 Å². The molecule has 146 valence electrons. The maximum absolute atomic E-state index is 13.0. The molecule has 4 rings (SSSR count). The fourth-order valence-electron chi connectivity index (χ4n) is 3.29. The van der Waals surface area contributed by atoms with Crippen LogP contribution < -0.4 is 0 Å². The van der Waals surface area contributed by atoms with Gasteiger partial charge in [0.25, 0.3) is 0 Å². The summed E-state index contributed by atoms with van der Waals surface area (Å²) in [6.07, 6.45) is 4.78. The Balaban J connectivity index is 1.48. The lowest BCUT2D eigenvalue weighted by Gasteiger charge is -2.30. The Hall–Kier alpha value is -2.65. The smallest absolute Gasteiger partial charge is 0.244 e. The molecule has 1 fully saturated rings. The fraction of sp³-hybridized carbons (Fsp3) is 0.316. The number of benzene rings is 1. The van der Waals surface area contributed by atoms with Crippen molar-refractivity contribution in [1.29, 1.82) is 0 Å². The molecule has 9 heteroatoms. The van der Waals surface area contributed by atoms with Crippen molar-refractivity contribution in [1.82, 2.24) is 19.5 Å². The Bertz CT molecular complexity index is 1040. The summed E-state index contributed by atoms with van der Waals surface area (Å²) < 4.78 is 45.9. The van der Waals surface area contributed by atoms with Gasteiger partial charge in [-0.1, -0.05) is 12.1 Å². The maximum Gasteiger partial charge on any atom is 0.244 e. The predicted octanol–water partition coefficient (Wildman–Crippen LogP) is 2.76. The van der Waals surface area contributed by atoms with Gasteiger partial charge in [0, 0.05) is 25.5 Å². The van der Waals surface area contributed by atoms with Crippen LogP contribution in [-0.4, -0.2) is 41.0 Å². The van der Waals surface area contributed by atoms with Gasteiger partial charge < -0.3 is 4.42 Å². The van der Waals surface area contributed by atoms with E-state index in [-0.39, 0.29) is 23.2 Å². The number of piperidine rings is 1. The molecule has 0 N–H and O–H groups in total. The summed E-state index contributed by atoms with van der Waals surface area (Å²) in [5, 5.41) is 8.18. The second-order valence-corrected chi connectivity index (χ2v) is 8.67. The lowest BCUT2D eigenvalue weighted by atomic mass is 10.00. The first-order valence-corrected chi connectivity index (χ1v) is 10.4. The second kappa shape index (κ2) is 7.76. The number of nitrogens with zero attached hydrogens (tertiary/aromatic N) is 4. The Kier molecular flexibility index (Phi) is 5.19. The molecular formula is C19H19FN4O3S. The molecule has 1 aliphatic heterocycles. The fourth-order valence-corrected chi connectivity index (χ4v) is 4.78. The number of rotatable bonds is 5. The highest BCUT2D eigenvalue weighted by Gasteiger charge is 2.33. The van der Waals surface area contributed by atoms with E-state index in [1.54, 1.807) is 30.5 Å². The molecule has 0 saturated carbocycles. The first-order valence-electron chi connectivity index (χ1n) is 8.99. The lowest BCUT2D eigenvalue weighted by Crippen LogP contribution is -2.39. The van der Waals surface area contributed by atoms with Crippen molar-refractivity contribution in [3.8, 4) is 0 Å². The Morgan fingerprint density at radius 3 is 2.75 bits per heavy atom. The SMILES string of the molecule is O=S(=O)(c1cccnc1)N1CCCC(c2nnc(Cc3ccc(F)cc3)o2)C1. The molecule has 1 atom stereocenters. The van der Waals surface area contributed by atoms with E-state index in [9.17, 15) is 12.8 Å². The van der Waals surface area contributed by atoms with E-state index in [4.69, 9.17) is 4.42 Å². The molecule has 3 aromatic rings. The number of pyridine rings is 1. The molecule has 28 heavy (non-hydrogen) atoms. The molecule has 7 nitrogen and oxygen atoms in total. The van der Waals surface area contributed by atoms with Crippen molar-refractivity contribution in [2.24, 2.45) is 0 Å². The molecule has 1 unspecified atom stereocenters. The molecule has 0 amide bonds. The maximum atomic E-state index is 13.0. The lowest BCUT2D eigenvalue weighted by molar-refractivity contribution is 0.281. The normalized spacial score (nSPS) is 18.2. The van der Waals surface area contributed by atoms with Crippen molar-refractivity contribution in [2.45, 2.75) is 30.1 Å². The van der Waals surface area contributed by atoms with Crippen LogP contribution >= 0.6 is 0 Å². The minimum atomic E-state index is -3.60. The highest BCUT2D eigenvalue weighted by molar-refractivity contribution is 7.89. The number of hydrogen-bond acceptors (Lipinski definition) is 6. The third-order valence-corrected chi connectivity index (χ3v) is 6.61. The summed E-state index contributed by atoms with van der Waals surface area (Å²) in [6, 6.07) is 9.25. The minimum Gasteiger partial charge on any atom is -0.425 e. The van der Waals surface area contributed by atoms with Gasteiger partial charge in [-0.05, 0) is 42.7 Å². The number of aromatic nitrogens is 3. The quantitative estimate of drug-likeness (QED) is 0.652. The van der Waals surface area contributed by atoms with E-state index in [0.29, 0.717) is 31.2 Å². The van der Waals surface area contributed by atoms with Gasteiger partial charge in [0.15, 0.2) is 0 Å². The Morgan fingerprint density at radius 1 is 1.18 bits per heavy atom. The predicted molar refractivity (Wildman–Crippen MR) is 98.5 cm³/mol. The standard InChI is InChI=1S/C19H19FN4O3S/c20-16-7-5-14(6-8-16)11-18-22-23-19(27-18)15-3-2-10-24(13-15)28(25,26)17-4-1-9-21-12-17/h1,4-9,12,15H,2-3,10-11,13H2. The number of halogens is 1. The highest BCUT2D eigenvalue weighted by Crippen LogP contribution is 2.29. The average molecular weight is 402 g/mol. The molecule has 1 aliphatic rings. The number of sulfonamides is 1. The molecule has 1 saturated heterocycles. The van der Waals surface area contributed by atoms with E-state index in [1.807, 2.05) is 0 Å². The molecule has 0 radical (unpaired) electrons. The summed E-state index contributed by atoms with van der Waals surface area (Å²) in [6.45, 7) is 0.736. The number of hydrogen-bond donors (Lipinski definition) is 0. The third-order valence-electron chi connectivity index (χ3n) is 4.76. The summed E-state index contributed by atoms with van der Waals surface area (Å²) in [7, 11) is -3.60. The van der Waals surface area contributed by atoms with Crippen molar-refractivity contribution >= 4 is 10.0 Å². The van der Waals surface area contributed by atoms with E-state index < -0.39 is 10.0 Å². The van der Waals surface area contributed by atoms with Gasteiger partial charge in [0.2, 0.25) is 21.8 Å². The Labute approximate surface area is 162 Å². The third kappa shape index (κ3) is 3.95. The first-order chi connectivity index (χ1) is 13.5. The van der Waals surface area contributed by atoms with Crippen molar-refractivity contribution in [3.05, 3.63) is 72.0 Å². The van der Waals surface area contributed by atoms with Gasteiger partial charge >= 0.3 is 0 Å². The monoisotopic (exact) mass is 402 g/mol. The van der Waals surface area contributed by atoms with Gasteiger partial charge in [-0.2, -0.15) is 4.31 Å². The zero-order valence-corrected chi connectivity index (χ0v) is 15.8. The molecule has 2 aromatic heterocycles. The van der Waals surface area contributed by atoms with Gasteiger partial charge in [0.05, 0.1) is 12.3 Å². The van der Waals surface area contributed by atoms with Gasteiger partial charge in [-0.25, -0.2) is 12.8 Å². The van der Waals surface area contributed by atoms with Crippen LogP contribution in [0.2, 0.25) is 0 Å². The molecule has 0 bridgehead atoms. The van der Waals surface area contributed by atoms with E-state index in [0.717, 1.165) is 12.0 Å². The van der Waals surface area contributed by atoms with Gasteiger partial charge in [-0.15, -0.1) is 10.2 Å². The largest absolute Gasteiger partial charge is 0.425 e. The minimum absolute atomic E-state index is 0.158. The zero-order valence-electron chi connectivity index (χ0n) is 15.0. The second-order valence-electron chi connectivity index (χ2n) is 6.73. The topological polar surface area (TPSA) is 89.2 Å². The van der Waals surface area contributed by atoms with E-state index >= 15 is 0 Å². The molecule has 3 heterocycles.